The van der Waals surface area contributed by atoms with Crippen molar-refractivity contribution in [2.45, 2.75) is 0 Å². The molecule has 0 unspecified atom stereocenters. The number of hydrogen-bond donors (Lipinski definition) is 2. The van der Waals surface area contributed by atoms with Crippen molar-refractivity contribution in [3.05, 3.63) is 30.3 Å². The Morgan fingerprint density at radius 2 is 2.06 bits per heavy atom. The maximum absolute atomic E-state index is 10.7. The molecule has 16 heavy (non-hydrogen) atoms. The van der Waals surface area contributed by atoms with Crippen LogP contribution in [-0.4, -0.2) is 24.0 Å². The van der Waals surface area contributed by atoms with Gasteiger partial charge in [-0.3, -0.25) is 10.2 Å². The molecule has 0 spiro atoms. The van der Waals surface area contributed by atoms with E-state index in [0.717, 1.165) is 11.5 Å². The Bertz CT molecular complexity index is 298. The van der Waals surface area contributed by atoms with Crippen LogP contribution in [0.1, 0.15) is 0 Å². The van der Waals surface area contributed by atoms with Gasteiger partial charge in [0.2, 0.25) is 5.91 Å². The van der Waals surface area contributed by atoms with Gasteiger partial charge in [0.05, 0.1) is 12.4 Å². The van der Waals surface area contributed by atoms with Gasteiger partial charge in [-0.05, 0) is 12.1 Å². The molecule has 1 aromatic rings. The molecule has 0 aliphatic rings. The van der Waals surface area contributed by atoms with Crippen LogP contribution >= 0.6 is 24.2 Å². The van der Waals surface area contributed by atoms with Gasteiger partial charge in [0, 0.05) is 5.75 Å². The highest BCUT2D eigenvalue weighted by atomic mass is 35.5. The molecule has 0 heterocycles. The molecule has 4 nitrogen and oxygen atoms in total. The predicted molar refractivity (Wildman–Crippen MR) is 68.8 cm³/mol. The first kappa shape index (κ1) is 15.1. The molecule has 0 aliphatic carbocycles. The van der Waals surface area contributed by atoms with Gasteiger partial charge in [-0.15, -0.1) is 24.2 Å². The van der Waals surface area contributed by atoms with Gasteiger partial charge in [-0.25, -0.2) is 5.84 Å². The molecule has 6 heteroatoms. The minimum absolute atomic E-state index is 0. The number of nitrogens with one attached hydrogen (secondary N) is 1. The maximum atomic E-state index is 10.7. The molecule has 0 fully saturated rings. The normalized spacial score (nSPS) is 9.06. The van der Waals surface area contributed by atoms with E-state index in [0.29, 0.717) is 12.4 Å². The minimum Gasteiger partial charge on any atom is -0.493 e. The van der Waals surface area contributed by atoms with E-state index in [2.05, 4.69) is 5.43 Å². The van der Waals surface area contributed by atoms with Gasteiger partial charge in [0.25, 0.3) is 0 Å². The minimum atomic E-state index is -0.167. The lowest BCUT2D eigenvalue weighted by Crippen LogP contribution is -2.31. The van der Waals surface area contributed by atoms with Crippen molar-refractivity contribution in [1.82, 2.24) is 5.43 Å². The van der Waals surface area contributed by atoms with E-state index in [4.69, 9.17) is 10.6 Å². The monoisotopic (exact) mass is 262 g/mol. The van der Waals surface area contributed by atoms with Crippen LogP contribution in [0.3, 0.4) is 0 Å². The molecular weight excluding hydrogens is 248 g/mol. The van der Waals surface area contributed by atoms with E-state index in [9.17, 15) is 4.79 Å². The fourth-order valence-electron chi connectivity index (χ4n) is 0.942. The lowest BCUT2D eigenvalue weighted by atomic mass is 10.3. The Hall–Kier alpha value is -0.910. The number of benzene rings is 1. The van der Waals surface area contributed by atoms with Gasteiger partial charge in [0.1, 0.15) is 5.75 Å². The van der Waals surface area contributed by atoms with Crippen LogP contribution in [0.25, 0.3) is 0 Å². The second-order valence-corrected chi connectivity index (χ2v) is 3.89. The number of rotatable bonds is 6. The van der Waals surface area contributed by atoms with E-state index in [-0.39, 0.29) is 18.3 Å². The van der Waals surface area contributed by atoms with E-state index >= 15 is 0 Å². The third-order valence-electron chi connectivity index (χ3n) is 1.63. The molecule has 3 N–H and O–H groups in total. The Kier molecular flexibility index (Phi) is 8.80. The highest BCUT2D eigenvalue weighted by Gasteiger charge is 1.98. The first-order valence-corrected chi connectivity index (χ1v) is 5.73. The summed E-state index contributed by atoms with van der Waals surface area (Å²) in [6.07, 6.45) is 0. The molecule has 0 radical (unpaired) electrons. The van der Waals surface area contributed by atoms with Crippen molar-refractivity contribution in [3.8, 4) is 5.75 Å². The van der Waals surface area contributed by atoms with Crippen LogP contribution in [0.2, 0.25) is 0 Å². The molecule has 1 aromatic carbocycles. The Morgan fingerprint density at radius 1 is 1.38 bits per heavy atom. The number of amides is 1. The van der Waals surface area contributed by atoms with Gasteiger partial charge < -0.3 is 4.74 Å². The second kappa shape index (κ2) is 9.33. The maximum Gasteiger partial charge on any atom is 0.243 e. The third-order valence-corrected chi connectivity index (χ3v) is 2.56. The molecular formula is C10H15ClN2O2S. The zero-order valence-electron chi connectivity index (χ0n) is 8.72. The van der Waals surface area contributed by atoms with Crippen LogP contribution in [0.4, 0.5) is 0 Å². The SMILES string of the molecule is Cl.NNC(=O)CSCCOc1ccccc1. The third kappa shape index (κ3) is 6.55. The van der Waals surface area contributed by atoms with Gasteiger partial charge in [0.15, 0.2) is 0 Å². The zero-order valence-corrected chi connectivity index (χ0v) is 10.4. The molecule has 0 atom stereocenters. The predicted octanol–water partition coefficient (Wildman–Crippen LogP) is 1.21. The molecule has 90 valence electrons. The average Bonchev–Trinajstić information content (AvgIpc) is 2.29. The van der Waals surface area contributed by atoms with Crippen LogP contribution < -0.4 is 16.0 Å². The van der Waals surface area contributed by atoms with Crippen LogP contribution in [-0.2, 0) is 4.79 Å². The molecule has 0 aliphatic heterocycles. The topological polar surface area (TPSA) is 64.3 Å². The fourth-order valence-corrected chi connectivity index (χ4v) is 1.56. The summed E-state index contributed by atoms with van der Waals surface area (Å²) in [6, 6.07) is 9.58. The molecule has 0 aromatic heterocycles. The Labute approximate surface area is 105 Å². The largest absolute Gasteiger partial charge is 0.493 e. The van der Waals surface area contributed by atoms with Crippen molar-refractivity contribution in [2.75, 3.05) is 18.1 Å². The Balaban J connectivity index is 0.00000225. The summed E-state index contributed by atoms with van der Waals surface area (Å²) in [6.45, 7) is 0.590. The standard InChI is InChI=1S/C10H14N2O2S.ClH/c11-12-10(13)8-15-7-6-14-9-4-2-1-3-5-9;/h1-5H,6-8,11H2,(H,12,13);1H. The quantitative estimate of drug-likeness (QED) is 0.350. The summed E-state index contributed by atoms with van der Waals surface area (Å²) >= 11 is 1.49. The summed E-state index contributed by atoms with van der Waals surface area (Å²) in [7, 11) is 0. The summed E-state index contributed by atoms with van der Waals surface area (Å²) in [5, 5.41) is 0. The number of hydrazine groups is 1. The lowest BCUT2D eigenvalue weighted by Gasteiger charge is -2.04. The first-order chi connectivity index (χ1) is 7.33. The lowest BCUT2D eigenvalue weighted by molar-refractivity contribution is -0.118. The molecule has 0 bridgehead atoms. The van der Waals surface area contributed by atoms with E-state index in [1.807, 2.05) is 30.3 Å². The number of thioether (sulfide) groups is 1. The van der Waals surface area contributed by atoms with Crippen LogP contribution in [0.15, 0.2) is 30.3 Å². The van der Waals surface area contributed by atoms with Gasteiger partial charge in [-0.1, -0.05) is 18.2 Å². The summed E-state index contributed by atoms with van der Waals surface area (Å²) in [4.78, 5) is 10.7. The van der Waals surface area contributed by atoms with Crippen LogP contribution in [0.5, 0.6) is 5.75 Å². The van der Waals surface area contributed by atoms with Crippen LogP contribution in [0, 0.1) is 0 Å². The number of ether oxygens (including phenoxy) is 1. The smallest absolute Gasteiger partial charge is 0.243 e. The van der Waals surface area contributed by atoms with E-state index in [1.165, 1.54) is 11.8 Å². The van der Waals surface area contributed by atoms with Crippen molar-refractivity contribution < 1.29 is 9.53 Å². The average molecular weight is 263 g/mol. The molecule has 1 rings (SSSR count). The van der Waals surface area contributed by atoms with E-state index in [1.54, 1.807) is 0 Å². The molecule has 1 amide bonds. The number of carbonyl (C=O) groups is 1. The number of halogens is 1. The van der Waals surface area contributed by atoms with Gasteiger partial charge >= 0.3 is 0 Å². The number of carbonyl (C=O) groups excluding carboxylic acids is 1. The summed E-state index contributed by atoms with van der Waals surface area (Å²) < 4.78 is 5.44. The fraction of sp³-hybridized carbons (Fsp3) is 0.300. The van der Waals surface area contributed by atoms with Gasteiger partial charge in [-0.2, -0.15) is 0 Å². The zero-order chi connectivity index (χ0) is 10.9. The van der Waals surface area contributed by atoms with Crippen molar-refractivity contribution >= 4 is 30.1 Å². The van der Waals surface area contributed by atoms with Crippen molar-refractivity contribution in [1.29, 1.82) is 0 Å². The number of hydrogen-bond acceptors (Lipinski definition) is 4. The number of para-hydroxylation sites is 1. The van der Waals surface area contributed by atoms with Crippen molar-refractivity contribution in [3.63, 3.8) is 0 Å². The highest BCUT2D eigenvalue weighted by molar-refractivity contribution is 7.99. The Morgan fingerprint density at radius 3 is 2.69 bits per heavy atom. The van der Waals surface area contributed by atoms with Crippen molar-refractivity contribution in [2.24, 2.45) is 5.84 Å². The van der Waals surface area contributed by atoms with E-state index < -0.39 is 0 Å². The first-order valence-electron chi connectivity index (χ1n) is 4.58. The molecule has 0 saturated carbocycles. The summed E-state index contributed by atoms with van der Waals surface area (Å²) in [5.41, 5.74) is 2.07. The summed E-state index contributed by atoms with van der Waals surface area (Å²) in [5.74, 6) is 6.75. The molecule has 0 saturated heterocycles. The second-order valence-electron chi connectivity index (χ2n) is 2.78. The highest BCUT2D eigenvalue weighted by Crippen LogP contribution is 2.09. The number of nitrogens with two attached hydrogens (primary N) is 1.